The fourth-order valence-electron chi connectivity index (χ4n) is 2.70. The van der Waals surface area contributed by atoms with Crippen LogP contribution < -0.4 is 14.8 Å². The third kappa shape index (κ3) is 3.91. The predicted molar refractivity (Wildman–Crippen MR) is 84.5 cm³/mol. The monoisotopic (exact) mass is 307 g/mol. The molecule has 122 valence electrons. The fourth-order valence-corrected chi connectivity index (χ4v) is 2.70. The van der Waals surface area contributed by atoms with Gasteiger partial charge in [0.15, 0.2) is 11.5 Å². The van der Waals surface area contributed by atoms with E-state index in [4.69, 9.17) is 14.2 Å². The Morgan fingerprint density at radius 1 is 1.23 bits per heavy atom. The molecule has 2 rings (SSSR count). The first-order valence-corrected chi connectivity index (χ1v) is 7.54. The molecule has 0 aromatic heterocycles. The molecule has 5 heteroatoms. The van der Waals surface area contributed by atoms with Crippen molar-refractivity contribution < 1.29 is 19.0 Å². The Balaban J connectivity index is 2.22. The summed E-state index contributed by atoms with van der Waals surface area (Å²) in [4.78, 5) is 12.1. The zero-order chi connectivity index (χ0) is 16.3. The Labute approximate surface area is 131 Å². The number of carbonyl (C=O) groups excluding carboxylic acids is 1. The van der Waals surface area contributed by atoms with E-state index in [2.05, 4.69) is 5.32 Å². The number of nitrogens with one attached hydrogen (secondary N) is 1. The second-order valence-electron chi connectivity index (χ2n) is 6.45. The standard InChI is InChI=1S/C17H25NO4/c1-17(2,3)22-16(19)10-13-12-9-15(21-5)14(20-4)8-11(12)6-7-18-13/h8-9,13,18H,6-7,10H2,1-5H3. The minimum atomic E-state index is -0.466. The largest absolute Gasteiger partial charge is 0.493 e. The van der Waals surface area contributed by atoms with Gasteiger partial charge in [0.25, 0.3) is 0 Å². The third-order valence-electron chi connectivity index (χ3n) is 3.60. The number of esters is 1. The smallest absolute Gasteiger partial charge is 0.308 e. The van der Waals surface area contributed by atoms with E-state index in [1.165, 1.54) is 5.56 Å². The van der Waals surface area contributed by atoms with Gasteiger partial charge in [-0.2, -0.15) is 0 Å². The van der Waals surface area contributed by atoms with Crippen LogP contribution in [0.25, 0.3) is 0 Å². The second-order valence-corrected chi connectivity index (χ2v) is 6.45. The van der Waals surface area contributed by atoms with E-state index in [-0.39, 0.29) is 12.0 Å². The van der Waals surface area contributed by atoms with Gasteiger partial charge in [-0.25, -0.2) is 0 Å². The molecular weight excluding hydrogens is 282 g/mol. The first-order chi connectivity index (χ1) is 10.3. The molecule has 0 aliphatic carbocycles. The van der Waals surface area contributed by atoms with Crippen molar-refractivity contribution in [2.75, 3.05) is 20.8 Å². The molecule has 0 radical (unpaired) electrons. The molecule has 1 N–H and O–H groups in total. The van der Waals surface area contributed by atoms with Crippen LogP contribution in [-0.4, -0.2) is 32.3 Å². The summed E-state index contributed by atoms with van der Waals surface area (Å²) < 4.78 is 16.1. The minimum absolute atomic E-state index is 0.0570. The highest BCUT2D eigenvalue weighted by atomic mass is 16.6. The molecule has 0 saturated carbocycles. The molecule has 0 bridgehead atoms. The maximum Gasteiger partial charge on any atom is 0.308 e. The lowest BCUT2D eigenvalue weighted by Crippen LogP contribution is -2.33. The van der Waals surface area contributed by atoms with Crippen molar-refractivity contribution in [1.29, 1.82) is 0 Å². The lowest BCUT2D eigenvalue weighted by Gasteiger charge is -2.28. The molecular formula is C17H25NO4. The molecule has 0 saturated heterocycles. The average Bonchev–Trinajstić information content (AvgIpc) is 2.44. The maximum atomic E-state index is 12.1. The summed E-state index contributed by atoms with van der Waals surface area (Å²) in [6.07, 6.45) is 1.21. The van der Waals surface area contributed by atoms with Crippen LogP contribution in [0.2, 0.25) is 0 Å². The summed E-state index contributed by atoms with van der Waals surface area (Å²) in [5, 5.41) is 3.38. The number of fused-ring (bicyclic) bond motifs is 1. The normalized spacial score (nSPS) is 17.6. The van der Waals surface area contributed by atoms with Gasteiger partial charge >= 0.3 is 5.97 Å². The van der Waals surface area contributed by atoms with Crippen LogP contribution in [0.1, 0.15) is 44.4 Å². The van der Waals surface area contributed by atoms with Gasteiger partial charge in [0, 0.05) is 6.04 Å². The van der Waals surface area contributed by atoms with E-state index < -0.39 is 5.60 Å². The Bertz CT molecular complexity index is 548. The number of methoxy groups -OCH3 is 2. The van der Waals surface area contributed by atoms with Crippen LogP contribution in [0.4, 0.5) is 0 Å². The lowest BCUT2D eigenvalue weighted by atomic mass is 9.92. The van der Waals surface area contributed by atoms with Crippen LogP contribution in [0.15, 0.2) is 12.1 Å². The molecule has 1 aliphatic rings. The van der Waals surface area contributed by atoms with Crippen molar-refractivity contribution >= 4 is 5.97 Å². The van der Waals surface area contributed by atoms with Crippen molar-refractivity contribution in [1.82, 2.24) is 5.32 Å². The van der Waals surface area contributed by atoms with E-state index in [0.717, 1.165) is 24.3 Å². The first-order valence-electron chi connectivity index (χ1n) is 7.54. The molecule has 1 aromatic carbocycles. The summed E-state index contributed by atoms with van der Waals surface area (Å²) in [5.41, 5.74) is 1.80. The van der Waals surface area contributed by atoms with Gasteiger partial charge in [-0.1, -0.05) is 0 Å². The topological polar surface area (TPSA) is 56.8 Å². The number of hydrogen-bond acceptors (Lipinski definition) is 5. The Kier molecular flexibility index (Phi) is 4.96. The summed E-state index contributed by atoms with van der Waals surface area (Å²) in [7, 11) is 3.24. The van der Waals surface area contributed by atoms with Crippen LogP contribution in [-0.2, 0) is 16.0 Å². The van der Waals surface area contributed by atoms with Crippen LogP contribution in [0.3, 0.4) is 0 Å². The van der Waals surface area contributed by atoms with Gasteiger partial charge in [-0.05, 0) is 57.0 Å². The molecule has 0 amide bonds. The molecule has 1 heterocycles. The molecule has 1 atom stereocenters. The number of rotatable bonds is 4. The number of carbonyl (C=O) groups is 1. The van der Waals surface area contributed by atoms with Gasteiger partial charge in [-0.15, -0.1) is 0 Å². The van der Waals surface area contributed by atoms with E-state index in [0.29, 0.717) is 12.2 Å². The highest BCUT2D eigenvalue weighted by Gasteiger charge is 2.26. The number of benzene rings is 1. The van der Waals surface area contributed by atoms with E-state index in [9.17, 15) is 4.79 Å². The zero-order valence-electron chi connectivity index (χ0n) is 14.0. The number of ether oxygens (including phenoxy) is 3. The zero-order valence-corrected chi connectivity index (χ0v) is 14.0. The predicted octanol–water partition coefficient (Wildman–Crippen LogP) is 2.62. The van der Waals surface area contributed by atoms with Crippen molar-refractivity contribution in [3.05, 3.63) is 23.3 Å². The van der Waals surface area contributed by atoms with Gasteiger partial charge in [-0.3, -0.25) is 4.79 Å². The Morgan fingerprint density at radius 3 is 2.45 bits per heavy atom. The van der Waals surface area contributed by atoms with E-state index >= 15 is 0 Å². The molecule has 1 aromatic rings. The lowest BCUT2D eigenvalue weighted by molar-refractivity contribution is -0.155. The number of hydrogen-bond donors (Lipinski definition) is 1. The summed E-state index contributed by atoms with van der Waals surface area (Å²) in [6.45, 7) is 6.46. The molecule has 0 spiro atoms. The fraction of sp³-hybridized carbons (Fsp3) is 0.588. The second kappa shape index (κ2) is 6.57. The van der Waals surface area contributed by atoms with Crippen molar-refractivity contribution in [2.45, 2.75) is 45.3 Å². The van der Waals surface area contributed by atoms with Gasteiger partial charge < -0.3 is 19.5 Å². The molecule has 1 aliphatic heterocycles. The van der Waals surface area contributed by atoms with E-state index in [1.54, 1.807) is 14.2 Å². The molecule has 0 fully saturated rings. The van der Waals surface area contributed by atoms with Gasteiger partial charge in [0.05, 0.1) is 20.6 Å². The first kappa shape index (κ1) is 16.6. The Hall–Kier alpha value is -1.75. The van der Waals surface area contributed by atoms with Crippen molar-refractivity contribution in [3.63, 3.8) is 0 Å². The van der Waals surface area contributed by atoms with Crippen LogP contribution in [0.5, 0.6) is 11.5 Å². The van der Waals surface area contributed by atoms with Crippen molar-refractivity contribution in [2.24, 2.45) is 0 Å². The minimum Gasteiger partial charge on any atom is -0.493 e. The van der Waals surface area contributed by atoms with Crippen LogP contribution in [0, 0.1) is 0 Å². The highest BCUT2D eigenvalue weighted by Crippen LogP contribution is 2.36. The maximum absolute atomic E-state index is 12.1. The average molecular weight is 307 g/mol. The van der Waals surface area contributed by atoms with E-state index in [1.807, 2.05) is 32.9 Å². The Morgan fingerprint density at radius 2 is 1.86 bits per heavy atom. The SMILES string of the molecule is COc1cc2c(cc1OC)C(CC(=O)OC(C)(C)C)NCC2. The summed E-state index contributed by atoms with van der Waals surface area (Å²) in [5.74, 6) is 1.20. The molecule has 1 unspecified atom stereocenters. The molecule has 22 heavy (non-hydrogen) atoms. The summed E-state index contributed by atoms with van der Waals surface area (Å²) >= 11 is 0. The highest BCUT2D eigenvalue weighted by molar-refractivity contribution is 5.71. The third-order valence-corrected chi connectivity index (χ3v) is 3.60. The molecule has 5 nitrogen and oxygen atoms in total. The van der Waals surface area contributed by atoms with Crippen molar-refractivity contribution in [3.8, 4) is 11.5 Å². The van der Waals surface area contributed by atoms with Crippen LogP contribution >= 0.6 is 0 Å². The van der Waals surface area contributed by atoms with Gasteiger partial charge in [0.1, 0.15) is 5.60 Å². The quantitative estimate of drug-likeness (QED) is 0.867. The summed E-state index contributed by atoms with van der Waals surface area (Å²) in [6, 6.07) is 3.89. The van der Waals surface area contributed by atoms with Gasteiger partial charge in [0.2, 0.25) is 0 Å².